The summed E-state index contributed by atoms with van der Waals surface area (Å²) in [7, 11) is 0. The quantitative estimate of drug-likeness (QED) is 0.623. The molecule has 0 heterocycles. The van der Waals surface area contributed by atoms with Gasteiger partial charge in [0, 0.05) is 6.61 Å². The molecule has 0 aromatic heterocycles. The zero-order chi connectivity index (χ0) is 10.3. The topological polar surface area (TPSA) is 46.5 Å². The number of carboxylic acids is 1. The van der Waals surface area contributed by atoms with Crippen LogP contribution in [0.25, 0.3) is 0 Å². The highest BCUT2D eigenvalue weighted by Gasteiger charge is 2.18. The van der Waals surface area contributed by atoms with Crippen molar-refractivity contribution in [1.82, 2.24) is 0 Å². The SMILES string of the molecule is CCCCOC(CC(C)C)C(=O)O. The van der Waals surface area contributed by atoms with Gasteiger partial charge in [-0.2, -0.15) is 0 Å². The molecular weight excluding hydrogens is 168 g/mol. The minimum Gasteiger partial charge on any atom is -0.479 e. The largest absolute Gasteiger partial charge is 0.479 e. The summed E-state index contributed by atoms with van der Waals surface area (Å²) in [5.41, 5.74) is 0. The van der Waals surface area contributed by atoms with Crippen LogP contribution in [0.3, 0.4) is 0 Å². The van der Waals surface area contributed by atoms with E-state index in [0.717, 1.165) is 12.8 Å². The first kappa shape index (κ1) is 12.4. The molecule has 0 aromatic rings. The lowest BCUT2D eigenvalue weighted by Gasteiger charge is -2.15. The van der Waals surface area contributed by atoms with Crippen LogP contribution < -0.4 is 0 Å². The highest BCUT2D eigenvalue weighted by Crippen LogP contribution is 2.09. The zero-order valence-electron chi connectivity index (χ0n) is 8.75. The van der Waals surface area contributed by atoms with E-state index in [0.29, 0.717) is 18.9 Å². The third-order valence-electron chi connectivity index (χ3n) is 1.78. The molecular formula is C10H20O3. The number of carboxylic acid groups (broad SMARTS) is 1. The first-order chi connectivity index (χ1) is 6.07. The maximum absolute atomic E-state index is 10.7. The van der Waals surface area contributed by atoms with E-state index in [1.165, 1.54) is 0 Å². The van der Waals surface area contributed by atoms with Crippen LogP contribution in [0, 0.1) is 5.92 Å². The van der Waals surface area contributed by atoms with Crippen LogP contribution in [0.2, 0.25) is 0 Å². The normalized spacial score (nSPS) is 13.2. The van der Waals surface area contributed by atoms with Gasteiger partial charge in [0.2, 0.25) is 0 Å². The van der Waals surface area contributed by atoms with Crippen molar-refractivity contribution in [2.24, 2.45) is 5.92 Å². The monoisotopic (exact) mass is 188 g/mol. The van der Waals surface area contributed by atoms with E-state index in [4.69, 9.17) is 9.84 Å². The molecule has 0 saturated heterocycles. The van der Waals surface area contributed by atoms with Gasteiger partial charge in [0.05, 0.1) is 0 Å². The van der Waals surface area contributed by atoms with Gasteiger partial charge in [0.15, 0.2) is 6.10 Å². The summed E-state index contributed by atoms with van der Waals surface area (Å²) in [4.78, 5) is 10.7. The van der Waals surface area contributed by atoms with Gasteiger partial charge >= 0.3 is 5.97 Å². The van der Waals surface area contributed by atoms with Crippen LogP contribution in [0.4, 0.5) is 0 Å². The van der Waals surface area contributed by atoms with Crippen molar-refractivity contribution >= 4 is 5.97 Å². The first-order valence-electron chi connectivity index (χ1n) is 4.92. The average molecular weight is 188 g/mol. The highest BCUT2D eigenvalue weighted by atomic mass is 16.5. The molecule has 3 heteroatoms. The van der Waals surface area contributed by atoms with Gasteiger partial charge in [-0.3, -0.25) is 0 Å². The van der Waals surface area contributed by atoms with Gasteiger partial charge in [-0.05, 0) is 18.8 Å². The van der Waals surface area contributed by atoms with E-state index < -0.39 is 12.1 Å². The fraction of sp³-hybridized carbons (Fsp3) is 0.900. The maximum atomic E-state index is 10.7. The number of ether oxygens (including phenoxy) is 1. The summed E-state index contributed by atoms with van der Waals surface area (Å²) >= 11 is 0. The van der Waals surface area contributed by atoms with Crippen molar-refractivity contribution in [1.29, 1.82) is 0 Å². The predicted molar refractivity (Wildman–Crippen MR) is 51.7 cm³/mol. The molecule has 0 aliphatic heterocycles. The van der Waals surface area contributed by atoms with Crippen LogP contribution >= 0.6 is 0 Å². The van der Waals surface area contributed by atoms with E-state index in [1.807, 2.05) is 13.8 Å². The Bertz CT molecular complexity index is 143. The molecule has 0 rings (SSSR count). The van der Waals surface area contributed by atoms with Gasteiger partial charge in [-0.15, -0.1) is 0 Å². The molecule has 0 spiro atoms. The number of hydrogen-bond acceptors (Lipinski definition) is 2. The summed E-state index contributed by atoms with van der Waals surface area (Å²) in [6.45, 7) is 6.61. The van der Waals surface area contributed by atoms with Crippen molar-refractivity contribution in [3.8, 4) is 0 Å². The number of aliphatic carboxylic acids is 1. The van der Waals surface area contributed by atoms with Crippen LogP contribution in [0.5, 0.6) is 0 Å². The lowest BCUT2D eigenvalue weighted by molar-refractivity contribution is -0.151. The Morgan fingerprint density at radius 2 is 2.08 bits per heavy atom. The van der Waals surface area contributed by atoms with E-state index in [1.54, 1.807) is 0 Å². The Labute approximate surface area is 80.1 Å². The van der Waals surface area contributed by atoms with Gasteiger partial charge in [0.25, 0.3) is 0 Å². The van der Waals surface area contributed by atoms with Crippen molar-refractivity contribution in [3.05, 3.63) is 0 Å². The van der Waals surface area contributed by atoms with E-state index in [9.17, 15) is 4.79 Å². The highest BCUT2D eigenvalue weighted by molar-refractivity contribution is 5.72. The minimum absolute atomic E-state index is 0.364. The molecule has 78 valence electrons. The predicted octanol–water partition coefficient (Wildman–Crippen LogP) is 2.30. The molecule has 0 aliphatic rings. The van der Waals surface area contributed by atoms with Crippen LogP contribution in [0.1, 0.15) is 40.0 Å². The van der Waals surface area contributed by atoms with Crippen molar-refractivity contribution < 1.29 is 14.6 Å². The van der Waals surface area contributed by atoms with Crippen molar-refractivity contribution in [3.63, 3.8) is 0 Å². The maximum Gasteiger partial charge on any atom is 0.332 e. The molecule has 0 aliphatic carbocycles. The lowest BCUT2D eigenvalue weighted by atomic mass is 10.1. The molecule has 13 heavy (non-hydrogen) atoms. The molecule has 0 aromatic carbocycles. The molecule has 1 N–H and O–H groups in total. The Hall–Kier alpha value is -0.570. The van der Waals surface area contributed by atoms with Gasteiger partial charge in [0.1, 0.15) is 0 Å². The zero-order valence-corrected chi connectivity index (χ0v) is 8.75. The Kier molecular flexibility index (Phi) is 6.59. The molecule has 0 bridgehead atoms. The van der Waals surface area contributed by atoms with E-state index in [2.05, 4.69) is 6.92 Å². The summed E-state index contributed by atoms with van der Waals surface area (Å²) in [6.07, 6.45) is 1.95. The second-order valence-electron chi connectivity index (χ2n) is 3.68. The van der Waals surface area contributed by atoms with Gasteiger partial charge in [-0.1, -0.05) is 27.2 Å². The summed E-state index contributed by atoms with van der Waals surface area (Å²) < 4.78 is 5.26. The summed E-state index contributed by atoms with van der Waals surface area (Å²) in [5, 5.41) is 8.80. The smallest absolute Gasteiger partial charge is 0.332 e. The fourth-order valence-corrected chi connectivity index (χ4v) is 1.04. The van der Waals surface area contributed by atoms with Gasteiger partial charge in [-0.25, -0.2) is 4.79 Å². The first-order valence-corrected chi connectivity index (χ1v) is 4.92. The van der Waals surface area contributed by atoms with E-state index >= 15 is 0 Å². The van der Waals surface area contributed by atoms with Crippen LogP contribution in [-0.4, -0.2) is 23.8 Å². The summed E-state index contributed by atoms with van der Waals surface area (Å²) in [5.74, 6) is -0.479. The third kappa shape index (κ3) is 6.58. The molecule has 1 unspecified atom stereocenters. The lowest BCUT2D eigenvalue weighted by Crippen LogP contribution is -2.26. The molecule has 0 radical (unpaired) electrons. The Balaban J connectivity index is 3.74. The van der Waals surface area contributed by atoms with Crippen molar-refractivity contribution in [2.75, 3.05) is 6.61 Å². The van der Waals surface area contributed by atoms with Crippen molar-refractivity contribution in [2.45, 2.75) is 46.1 Å². The Morgan fingerprint density at radius 3 is 2.46 bits per heavy atom. The second-order valence-corrected chi connectivity index (χ2v) is 3.68. The molecule has 0 saturated carbocycles. The second kappa shape index (κ2) is 6.89. The number of carbonyl (C=O) groups is 1. The number of hydrogen-bond donors (Lipinski definition) is 1. The average Bonchev–Trinajstić information content (AvgIpc) is 2.02. The van der Waals surface area contributed by atoms with E-state index in [-0.39, 0.29) is 0 Å². The molecule has 1 atom stereocenters. The minimum atomic E-state index is -0.843. The standard InChI is InChI=1S/C10H20O3/c1-4-5-6-13-9(10(11)12)7-8(2)3/h8-9H,4-7H2,1-3H3,(H,11,12). The summed E-state index contributed by atoms with van der Waals surface area (Å²) in [6, 6.07) is 0. The number of rotatable bonds is 7. The Morgan fingerprint density at radius 1 is 1.46 bits per heavy atom. The third-order valence-corrected chi connectivity index (χ3v) is 1.78. The fourth-order valence-electron chi connectivity index (χ4n) is 1.04. The van der Waals surface area contributed by atoms with Crippen LogP contribution in [-0.2, 0) is 9.53 Å². The molecule has 0 amide bonds. The van der Waals surface area contributed by atoms with Gasteiger partial charge < -0.3 is 9.84 Å². The molecule has 0 fully saturated rings. The number of unbranched alkanes of at least 4 members (excludes halogenated alkanes) is 1. The molecule has 3 nitrogen and oxygen atoms in total. The van der Waals surface area contributed by atoms with Crippen LogP contribution in [0.15, 0.2) is 0 Å².